The number of amides is 1. The summed E-state index contributed by atoms with van der Waals surface area (Å²) in [4.78, 5) is 19.2. The average Bonchev–Trinajstić information content (AvgIpc) is 2.55. The maximum atomic E-state index is 11.2. The number of hydrogen-bond acceptors (Lipinski definition) is 5. The van der Waals surface area contributed by atoms with Gasteiger partial charge in [0.1, 0.15) is 0 Å². The Morgan fingerprint density at radius 3 is 2.48 bits per heavy atom. The molecule has 2 aliphatic rings. The number of anilines is 1. The molecule has 140 valence electrons. The molecule has 4 N–H and O–H groups in total. The van der Waals surface area contributed by atoms with E-state index in [1.54, 1.807) is 0 Å². The van der Waals surface area contributed by atoms with E-state index in [1.807, 2.05) is 0 Å². The summed E-state index contributed by atoms with van der Waals surface area (Å²) in [5.41, 5.74) is 12.1. The van der Waals surface area contributed by atoms with Crippen LogP contribution < -0.4 is 11.5 Å². The molecule has 2 saturated carbocycles. The Kier molecular flexibility index (Phi) is 7.17. The van der Waals surface area contributed by atoms with Crippen LogP contribution in [0.15, 0.2) is 6.20 Å². The van der Waals surface area contributed by atoms with E-state index in [0.29, 0.717) is 17.4 Å². The number of nitrogens with zero attached hydrogens (tertiary/aromatic N) is 2. The van der Waals surface area contributed by atoms with E-state index in [1.165, 1.54) is 44.7 Å². The Labute approximate surface area is 150 Å². The predicted octanol–water partition coefficient (Wildman–Crippen LogP) is 3.25. The second-order valence-electron chi connectivity index (χ2n) is 7.51. The molecule has 0 spiro atoms. The van der Waals surface area contributed by atoms with Crippen molar-refractivity contribution in [2.24, 2.45) is 11.1 Å². The monoisotopic (exact) mass is 348 g/mol. The van der Waals surface area contributed by atoms with E-state index in [4.69, 9.17) is 16.2 Å². The van der Waals surface area contributed by atoms with Crippen molar-refractivity contribution in [3.63, 3.8) is 0 Å². The first-order chi connectivity index (χ1) is 11.9. The zero-order chi connectivity index (χ0) is 18.3. The number of carbonyl (C=O) groups excluding carboxylic acids is 1. The molecule has 0 bridgehead atoms. The maximum Gasteiger partial charge on any atom is 0.252 e. The molecular weight excluding hydrogens is 316 g/mol. The first kappa shape index (κ1) is 19.6. The molecule has 0 unspecified atom stereocenters. The lowest BCUT2D eigenvalue weighted by atomic mass is 9.67. The number of primary amides is 1. The highest BCUT2D eigenvalue weighted by molar-refractivity contribution is 5.93. The second-order valence-corrected chi connectivity index (χ2v) is 7.51. The third-order valence-corrected chi connectivity index (χ3v) is 5.26. The fraction of sp³-hybridized carbons (Fsp3) is 0.737. The van der Waals surface area contributed by atoms with Crippen molar-refractivity contribution in [1.29, 1.82) is 0 Å². The summed E-state index contributed by atoms with van der Waals surface area (Å²) < 4.78 is 5.48. The molecule has 0 radical (unpaired) electrons. The predicted molar refractivity (Wildman–Crippen MR) is 99.1 cm³/mol. The molecular formula is C19H32N4O2. The smallest absolute Gasteiger partial charge is 0.252 e. The molecule has 2 fully saturated rings. The van der Waals surface area contributed by atoms with Crippen LogP contribution in [-0.4, -0.2) is 28.6 Å². The van der Waals surface area contributed by atoms with Crippen LogP contribution in [0.3, 0.4) is 0 Å². The number of carbonyl (C=O) groups is 1. The summed E-state index contributed by atoms with van der Waals surface area (Å²) in [6.07, 6.45) is 13.1. The number of nitrogens with two attached hydrogens (primary N) is 2. The van der Waals surface area contributed by atoms with E-state index in [0.717, 1.165) is 25.9 Å². The van der Waals surface area contributed by atoms with Crippen LogP contribution in [0.4, 0.5) is 5.95 Å². The summed E-state index contributed by atoms with van der Waals surface area (Å²) in [6, 6.07) is 0. The Hall–Kier alpha value is -1.69. The van der Waals surface area contributed by atoms with Gasteiger partial charge in [0.15, 0.2) is 0 Å². The minimum absolute atomic E-state index is 0.197. The maximum absolute atomic E-state index is 11.2. The summed E-state index contributed by atoms with van der Waals surface area (Å²) in [5, 5.41) is 0. The highest BCUT2D eigenvalue weighted by Crippen LogP contribution is 2.43. The van der Waals surface area contributed by atoms with Gasteiger partial charge < -0.3 is 16.2 Å². The molecule has 0 saturated heterocycles. The molecule has 1 amide bonds. The molecule has 1 heterocycles. The molecule has 6 nitrogen and oxygen atoms in total. The fourth-order valence-electron chi connectivity index (χ4n) is 3.60. The molecule has 0 atom stereocenters. The Morgan fingerprint density at radius 2 is 1.96 bits per heavy atom. The lowest BCUT2D eigenvalue weighted by Crippen LogP contribution is -2.30. The Morgan fingerprint density at radius 1 is 1.28 bits per heavy atom. The number of aromatic nitrogens is 2. The van der Waals surface area contributed by atoms with Crippen molar-refractivity contribution >= 4 is 11.9 Å². The highest BCUT2D eigenvalue weighted by atomic mass is 16.5. The fourth-order valence-corrected chi connectivity index (χ4v) is 3.60. The van der Waals surface area contributed by atoms with Crippen molar-refractivity contribution in [3.05, 3.63) is 17.5 Å². The number of ether oxygens (including phenoxy) is 1. The topological polar surface area (TPSA) is 104 Å². The zero-order valence-electron chi connectivity index (χ0n) is 15.6. The van der Waals surface area contributed by atoms with Gasteiger partial charge in [0.2, 0.25) is 5.95 Å². The molecule has 6 heteroatoms. The van der Waals surface area contributed by atoms with E-state index in [2.05, 4.69) is 23.8 Å². The molecule has 1 aromatic rings. The van der Waals surface area contributed by atoms with E-state index in [-0.39, 0.29) is 11.4 Å². The summed E-state index contributed by atoms with van der Waals surface area (Å²) in [5.74, 6) is -0.291. The van der Waals surface area contributed by atoms with Crippen LogP contribution in [0, 0.1) is 5.41 Å². The van der Waals surface area contributed by atoms with Gasteiger partial charge in [-0.25, -0.2) is 9.97 Å². The molecule has 1 aromatic heterocycles. The van der Waals surface area contributed by atoms with Crippen LogP contribution in [0.1, 0.15) is 81.3 Å². The minimum Gasteiger partial charge on any atom is -0.379 e. The van der Waals surface area contributed by atoms with Gasteiger partial charge in [-0.1, -0.05) is 32.6 Å². The molecule has 0 aliphatic heterocycles. The quantitative estimate of drug-likeness (QED) is 0.850. The standard InChI is InChI=1S/C11H16N4O.C8H16O/c1-11(3-2-4-11)5-8-7(9(12)16)6-14-10(13)15-8;1-2-9-8-6-4-3-5-7-8/h6H,2-5H2,1H3,(H2,12,16)(H2,13,14,15);8H,2-7H2,1H3. The van der Waals surface area contributed by atoms with Gasteiger partial charge in [0.25, 0.3) is 5.91 Å². The van der Waals surface area contributed by atoms with Crippen LogP contribution in [0.5, 0.6) is 0 Å². The Balaban J connectivity index is 0.000000212. The van der Waals surface area contributed by atoms with Crippen LogP contribution in [-0.2, 0) is 11.2 Å². The van der Waals surface area contributed by atoms with E-state index >= 15 is 0 Å². The van der Waals surface area contributed by atoms with Gasteiger partial charge in [-0.2, -0.15) is 0 Å². The Bertz CT molecular complexity index is 564. The van der Waals surface area contributed by atoms with Crippen LogP contribution in [0.2, 0.25) is 0 Å². The summed E-state index contributed by atoms with van der Waals surface area (Å²) in [7, 11) is 0. The first-order valence-corrected chi connectivity index (χ1v) is 9.46. The lowest BCUT2D eigenvalue weighted by Gasteiger charge is -2.38. The van der Waals surface area contributed by atoms with Gasteiger partial charge in [-0.05, 0) is 44.4 Å². The van der Waals surface area contributed by atoms with Gasteiger partial charge in [-0.3, -0.25) is 4.79 Å². The van der Waals surface area contributed by atoms with Crippen molar-refractivity contribution in [2.75, 3.05) is 12.3 Å². The van der Waals surface area contributed by atoms with Gasteiger partial charge >= 0.3 is 0 Å². The van der Waals surface area contributed by atoms with Crippen molar-refractivity contribution in [2.45, 2.75) is 77.7 Å². The van der Waals surface area contributed by atoms with Crippen LogP contribution in [0.25, 0.3) is 0 Å². The number of nitrogen functional groups attached to an aromatic ring is 1. The first-order valence-electron chi connectivity index (χ1n) is 9.46. The molecule has 3 rings (SSSR count). The third kappa shape index (κ3) is 5.96. The second kappa shape index (κ2) is 9.13. The SMILES string of the molecule is CC1(Cc2nc(N)ncc2C(N)=O)CCC1.CCOC1CCCCC1. The van der Waals surface area contributed by atoms with Crippen molar-refractivity contribution < 1.29 is 9.53 Å². The van der Waals surface area contributed by atoms with Crippen LogP contribution >= 0.6 is 0 Å². The molecule has 25 heavy (non-hydrogen) atoms. The minimum atomic E-state index is -0.488. The van der Waals surface area contributed by atoms with E-state index in [9.17, 15) is 4.79 Å². The largest absolute Gasteiger partial charge is 0.379 e. The van der Waals surface area contributed by atoms with Crippen molar-refractivity contribution in [1.82, 2.24) is 9.97 Å². The van der Waals surface area contributed by atoms with Gasteiger partial charge in [0, 0.05) is 12.8 Å². The normalized spacial score (nSPS) is 19.4. The summed E-state index contributed by atoms with van der Waals surface area (Å²) in [6.45, 7) is 5.17. The summed E-state index contributed by atoms with van der Waals surface area (Å²) >= 11 is 0. The molecule has 2 aliphatic carbocycles. The number of rotatable bonds is 5. The van der Waals surface area contributed by atoms with Gasteiger partial charge in [0.05, 0.1) is 17.4 Å². The van der Waals surface area contributed by atoms with Crippen molar-refractivity contribution in [3.8, 4) is 0 Å². The number of hydrogen-bond donors (Lipinski definition) is 2. The zero-order valence-corrected chi connectivity index (χ0v) is 15.6. The lowest BCUT2D eigenvalue weighted by molar-refractivity contribution is 0.0368. The van der Waals surface area contributed by atoms with E-state index < -0.39 is 5.91 Å². The van der Waals surface area contributed by atoms with Gasteiger partial charge in [-0.15, -0.1) is 0 Å². The average molecular weight is 348 g/mol. The highest BCUT2D eigenvalue weighted by Gasteiger charge is 2.33. The molecule has 0 aromatic carbocycles. The third-order valence-electron chi connectivity index (χ3n) is 5.26.